The Labute approximate surface area is 169 Å². The monoisotopic (exact) mass is 401 g/mol. The number of nitrogens with one attached hydrogen (secondary N) is 2. The van der Waals surface area contributed by atoms with Gasteiger partial charge >= 0.3 is 6.03 Å². The van der Waals surface area contributed by atoms with Gasteiger partial charge in [-0.15, -0.1) is 0 Å². The van der Waals surface area contributed by atoms with E-state index in [1.807, 2.05) is 43.3 Å². The average Bonchev–Trinajstić information content (AvgIpc) is 2.71. The fourth-order valence-corrected chi connectivity index (χ4v) is 3.39. The molecule has 2 aromatic carbocycles. The van der Waals surface area contributed by atoms with Gasteiger partial charge < -0.3 is 20.3 Å². The fourth-order valence-electron chi connectivity index (χ4n) is 3.23. The Morgan fingerprint density at radius 1 is 1.11 bits per heavy atom. The zero-order valence-corrected chi connectivity index (χ0v) is 16.8. The number of likely N-dealkylation sites (tertiary alicyclic amines) is 1. The largest absolute Gasteiger partial charge is 0.495 e. The molecule has 0 spiro atoms. The number of hydrogen-bond acceptors (Lipinski definition) is 3. The van der Waals surface area contributed by atoms with E-state index in [2.05, 4.69) is 10.6 Å². The third kappa shape index (κ3) is 4.75. The van der Waals surface area contributed by atoms with Crippen LogP contribution in [-0.4, -0.2) is 37.0 Å². The summed E-state index contributed by atoms with van der Waals surface area (Å²) in [6, 6.07) is 12.7. The van der Waals surface area contributed by atoms with Crippen molar-refractivity contribution in [3.63, 3.8) is 0 Å². The molecule has 0 unspecified atom stereocenters. The number of carbonyl (C=O) groups is 2. The molecule has 3 rings (SSSR count). The van der Waals surface area contributed by atoms with E-state index in [0.717, 1.165) is 11.3 Å². The van der Waals surface area contributed by atoms with Crippen molar-refractivity contribution in [1.82, 2.24) is 4.90 Å². The Kier molecular flexibility index (Phi) is 6.41. The first kappa shape index (κ1) is 20.0. The van der Waals surface area contributed by atoms with E-state index in [0.29, 0.717) is 42.4 Å². The van der Waals surface area contributed by atoms with Crippen LogP contribution in [0.4, 0.5) is 16.2 Å². The number of aryl methyl sites for hydroxylation is 1. The second-order valence-electron chi connectivity index (χ2n) is 6.85. The van der Waals surface area contributed by atoms with Gasteiger partial charge in [0.05, 0.1) is 12.8 Å². The smallest absolute Gasteiger partial charge is 0.321 e. The summed E-state index contributed by atoms with van der Waals surface area (Å²) in [6.07, 6.45) is 1.23. The number of piperidine rings is 1. The van der Waals surface area contributed by atoms with Crippen molar-refractivity contribution in [2.45, 2.75) is 19.8 Å². The molecule has 0 aromatic heterocycles. The zero-order chi connectivity index (χ0) is 20.1. The third-order valence-corrected chi connectivity index (χ3v) is 5.32. The second-order valence-corrected chi connectivity index (χ2v) is 7.26. The van der Waals surface area contributed by atoms with Crippen LogP contribution < -0.4 is 15.4 Å². The van der Waals surface area contributed by atoms with Crippen LogP contribution in [-0.2, 0) is 4.79 Å². The first-order valence-electron chi connectivity index (χ1n) is 9.24. The van der Waals surface area contributed by atoms with Gasteiger partial charge in [0.1, 0.15) is 5.75 Å². The van der Waals surface area contributed by atoms with Crippen LogP contribution in [0.5, 0.6) is 5.75 Å². The quantitative estimate of drug-likeness (QED) is 0.790. The highest BCUT2D eigenvalue weighted by atomic mass is 35.5. The van der Waals surface area contributed by atoms with E-state index < -0.39 is 0 Å². The summed E-state index contributed by atoms with van der Waals surface area (Å²) in [5.74, 6) is 0.313. The van der Waals surface area contributed by atoms with Gasteiger partial charge in [-0.2, -0.15) is 0 Å². The summed E-state index contributed by atoms with van der Waals surface area (Å²) in [5.41, 5.74) is 2.24. The average molecular weight is 402 g/mol. The van der Waals surface area contributed by atoms with Gasteiger partial charge in [0.15, 0.2) is 0 Å². The maximum Gasteiger partial charge on any atom is 0.321 e. The molecule has 0 bridgehead atoms. The van der Waals surface area contributed by atoms with Gasteiger partial charge in [0.2, 0.25) is 5.91 Å². The lowest BCUT2D eigenvalue weighted by Gasteiger charge is -2.31. The van der Waals surface area contributed by atoms with Gasteiger partial charge in [-0.05, 0) is 43.5 Å². The predicted molar refractivity (Wildman–Crippen MR) is 111 cm³/mol. The zero-order valence-electron chi connectivity index (χ0n) is 16.0. The summed E-state index contributed by atoms with van der Waals surface area (Å²) < 4.78 is 5.31. The third-order valence-electron chi connectivity index (χ3n) is 4.92. The van der Waals surface area contributed by atoms with Gasteiger partial charge in [-0.25, -0.2) is 4.79 Å². The molecule has 148 valence electrons. The van der Waals surface area contributed by atoms with Crippen molar-refractivity contribution in [3.05, 3.63) is 53.1 Å². The topological polar surface area (TPSA) is 70.7 Å². The number of benzene rings is 2. The van der Waals surface area contributed by atoms with E-state index in [-0.39, 0.29) is 17.9 Å². The van der Waals surface area contributed by atoms with Crippen LogP contribution in [0.15, 0.2) is 42.5 Å². The van der Waals surface area contributed by atoms with Crippen LogP contribution in [0.3, 0.4) is 0 Å². The molecule has 28 heavy (non-hydrogen) atoms. The Balaban J connectivity index is 1.55. The number of para-hydroxylation sites is 1. The van der Waals surface area contributed by atoms with Crippen molar-refractivity contribution in [2.75, 3.05) is 30.8 Å². The Morgan fingerprint density at radius 2 is 1.79 bits per heavy atom. The molecule has 3 amide bonds. The lowest BCUT2D eigenvalue weighted by Crippen LogP contribution is -2.43. The second kappa shape index (κ2) is 8.97. The first-order valence-corrected chi connectivity index (χ1v) is 9.61. The number of anilines is 2. The minimum absolute atomic E-state index is 0.0665. The van der Waals surface area contributed by atoms with E-state index in [1.54, 1.807) is 18.1 Å². The molecule has 1 aliphatic rings. The van der Waals surface area contributed by atoms with E-state index in [1.165, 1.54) is 0 Å². The predicted octanol–water partition coefficient (Wildman–Crippen LogP) is 4.54. The number of amides is 3. The molecule has 7 heteroatoms. The molecule has 1 saturated heterocycles. The van der Waals surface area contributed by atoms with Crippen LogP contribution in [0, 0.1) is 12.8 Å². The molecule has 2 aromatic rings. The van der Waals surface area contributed by atoms with Crippen LogP contribution in [0.25, 0.3) is 0 Å². The summed E-state index contributed by atoms with van der Waals surface area (Å²) in [7, 11) is 1.54. The number of urea groups is 1. The molecule has 1 heterocycles. The van der Waals surface area contributed by atoms with Crippen molar-refractivity contribution >= 4 is 34.9 Å². The van der Waals surface area contributed by atoms with Gasteiger partial charge in [-0.3, -0.25) is 4.79 Å². The summed E-state index contributed by atoms with van der Waals surface area (Å²) >= 11 is 6.12. The van der Waals surface area contributed by atoms with Crippen LogP contribution in [0.1, 0.15) is 18.4 Å². The van der Waals surface area contributed by atoms with Gasteiger partial charge in [-0.1, -0.05) is 29.8 Å². The molecule has 1 fully saturated rings. The number of methoxy groups -OCH3 is 1. The highest BCUT2D eigenvalue weighted by Gasteiger charge is 2.28. The molecule has 0 saturated carbocycles. The van der Waals surface area contributed by atoms with Crippen molar-refractivity contribution < 1.29 is 14.3 Å². The lowest BCUT2D eigenvalue weighted by atomic mass is 9.96. The maximum atomic E-state index is 12.7. The fraction of sp³-hybridized carbons (Fsp3) is 0.333. The molecule has 0 radical (unpaired) electrons. The van der Waals surface area contributed by atoms with Crippen LogP contribution in [0.2, 0.25) is 5.02 Å². The highest BCUT2D eigenvalue weighted by Crippen LogP contribution is 2.32. The molecule has 6 nitrogen and oxygen atoms in total. The summed E-state index contributed by atoms with van der Waals surface area (Å²) in [4.78, 5) is 26.8. The van der Waals surface area contributed by atoms with Gasteiger partial charge in [0, 0.05) is 35.8 Å². The molecule has 1 aliphatic heterocycles. The van der Waals surface area contributed by atoms with Crippen LogP contribution >= 0.6 is 11.6 Å². The maximum absolute atomic E-state index is 12.7. The number of carbonyl (C=O) groups excluding carboxylic acids is 2. The number of nitrogens with zero attached hydrogens (tertiary/aromatic N) is 1. The first-order chi connectivity index (χ1) is 13.5. The molecule has 0 atom stereocenters. The molecule has 2 N–H and O–H groups in total. The van der Waals surface area contributed by atoms with Gasteiger partial charge in [0.25, 0.3) is 0 Å². The minimum atomic E-state index is -0.151. The van der Waals surface area contributed by atoms with E-state index in [4.69, 9.17) is 16.3 Å². The number of rotatable bonds is 4. The number of hydrogen-bond donors (Lipinski definition) is 2. The van der Waals surface area contributed by atoms with E-state index >= 15 is 0 Å². The number of ether oxygens (including phenoxy) is 1. The Morgan fingerprint density at radius 3 is 2.43 bits per heavy atom. The normalized spacial score (nSPS) is 14.5. The minimum Gasteiger partial charge on any atom is -0.495 e. The van der Waals surface area contributed by atoms with Crippen molar-refractivity contribution in [2.24, 2.45) is 5.92 Å². The molecular formula is C21H24ClN3O3. The van der Waals surface area contributed by atoms with Crippen molar-refractivity contribution in [1.29, 1.82) is 0 Å². The summed E-state index contributed by atoms with van der Waals surface area (Å²) in [5, 5.41) is 6.41. The SMILES string of the molecule is COc1cc(Cl)c(C)cc1NC(=O)C1CCN(C(=O)Nc2ccccc2)CC1. The highest BCUT2D eigenvalue weighted by molar-refractivity contribution is 6.31. The van der Waals surface area contributed by atoms with Crippen molar-refractivity contribution in [3.8, 4) is 5.75 Å². The van der Waals surface area contributed by atoms with E-state index in [9.17, 15) is 9.59 Å². The Bertz CT molecular complexity index is 849. The lowest BCUT2D eigenvalue weighted by molar-refractivity contribution is -0.121. The summed E-state index contributed by atoms with van der Waals surface area (Å²) in [6.45, 7) is 2.95. The molecule has 0 aliphatic carbocycles. The number of halogens is 1. The standard InChI is InChI=1S/C21H24ClN3O3/c1-14-12-18(19(28-2)13-17(14)22)24-20(26)15-8-10-25(11-9-15)21(27)23-16-6-4-3-5-7-16/h3-7,12-13,15H,8-11H2,1-2H3,(H,23,27)(H,24,26). The Hall–Kier alpha value is -2.73. The molecular weight excluding hydrogens is 378 g/mol.